The van der Waals surface area contributed by atoms with Crippen LogP contribution >= 0.6 is 11.8 Å². The van der Waals surface area contributed by atoms with Crippen LogP contribution in [-0.2, 0) is 4.79 Å². The quantitative estimate of drug-likeness (QED) is 0.816. The van der Waals surface area contributed by atoms with Gasteiger partial charge in [-0.1, -0.05) is 12.8 Å². The Balaban J connectivity index is 1.91. The molecule has 0 bridgehead atoms. The van der Waals surface area contributed by atoms with Crippen LogP contribution in [0.5, 0.6) is 0 Å². The Labute approximate surface area is 124 Å². The topological polar surface area (TPSA) is 69.6 Å². The number of hydrogen-bond acceptors (Lipinski definition) is 3. The Morgan fingerprint density at radius 2 is 2.10 bits per heavy atom. The number of hydrogen-bond donors (Lipinski definition) is 2. The maximum absolute atomic E-state index is 12.3. The third-order valence-corrected chi connectivity index (χ3v) is 5.12. The molecule has 114 valence electrons. The highest BCUT2D eigenvalue weighted by Gasteiger charge is 2.38. The van der Waals surface area contributed by atoms with E-state index in [1.807, 2.05) is 11.2 Å². The molecule has 6 heteroatoms. The van der Waals surface area contributed by atoms with E-state index in [4.69, 9.17) is 0 Å². The second-order valence-electron chi connectivity index (χ2n) is 5.72. The van der Waals surface area contributed by atoms with Gasteiger partial charge in [0, 0.05) is 12.6 Å². The number of carbonyl (C=O) groups excluding carboxylic acids is 1. The summed E-state index contributed by atoms with van der Waals surface area (Å²) in [6, 6.07) is -0.621. The Hall–Kier alpha value is -0.910. The number of urea groups is 1. The zero-order valence-corrected chi connectivity index (χ0v) is 12.8. The highest BCUT2D eigenvalue weighted by Crippen LogP contribution is 2.36. The summed E-state index contributed by atoms with van der Waals surface area (Å²) in [5.74, 6) is 0.430. The highest BCUT2D eigenvalue weighted by molar-refractivity contribution is 7.98. The van der Waals surface area contributed by atoms with Crippen molar-refractivity contribution in [2.45, 2.75) is 50.6 Å². The minimum atomic E-state index is -0.938. The SMILES string of the molecule is CSCCC(NC(=O)N1CCC2CCCCC21)C(=O)O. The fraction of sp³-hybridized carbons (Fsp3) is 0.857. The van der Waals surface area contributed by atoms with E-state index < -0.39 is 12.0 Å². The maximum atomic E-state index is 12.3. The van der Waals surface area contributed by atoms with Gasteiger partial charge in [-0.15, -0.1) is 0 Å². The van der Waals surface area contributed by atoms with Gasteiger partial charge in [0.25, 0.3) is 0 Å². The Bertz CT molecular complexity index is 364. The minimum absolute atomic E-state index is 0.187. The molecule has 0 aromatic heterocycles. The van der Waals surface area contributed by atoms with Crippen LogP contribution in [0, 0.1) is 5.92 Å². The molecule has 2 fully saturated rings. The maximum Gasteiger partial charge on any atom is 0.326 e. The first kappa shape index (κ1) is 15.5. The summed E-state index contributed by atoms with van der Waals surface area (Å²) in [5, 5.41) is 11.9. The van der Waals surface area contributed by atoms with E-state index in [1.165, 1.54) is 19.3 Å². The molecular formula is C14H24N2O3S. The number of rotatable bonds is 5. The van der Waals surface area contributed by atoms with Crippen molar-refractivity contribution in [2.75, 3.05) is 18.6 Å². The summed E-state index contributed by atoms with van der Waals surface area (Å²) in [5.41, 5.74) is 0. The molecule has 2 aliphatic rings. The van der Waals surface area contributed by atoms with E-state index in [2.05, 4.69) is 5.32 Å². The first-order chi connectivity index (χ1) is 9.63. The number of nitrogens with zero attached hydrogens (tertiary/aromatic N) is 1. The lowest BCUT2D eigenvalue weighted by molar-refractivity contribution is -0.139. The lowest BCUT2D eigenvalue weighted by atomic mass is 9.85. The molecule has 0 aromatic carbocycles. The van der Waals surface area contributed by atoms with Crippen molar-refractivity contribution < 1.29 is 14.7 Å². The zero-order chi connectivity index (χ0) is 14.5. The first-order valence-electron chi connectivity index (χ1n) is 7.42. The molecule has 3 atom stereocenters. The van der Waals surface area contributed by atoms with Gasteiger partial charge in [0.1, 0.15) is 6.04 Å². The molecule has 1 saturated carbocycles. The molecule has 1 saturated heterocycles. The molecule has 2 amide bonds. The molecule has 0 spiro atoms. The number of carboxylic acids is 1. The number of nitrogens with one attached hydrogen (secondary N) is 1. The van der Waals surface area contributed by atoms with E-state index in [1.54, 1.807) is 11.8 Å². The Morgan fingerprint density at radius 1 is 1.35 bits per heavy atom. The van der Waals surface area contributed by atoms with Crippen molar-refractivity contribution >= 4 is 23.8 Å². The van der Waals surface area contributed by atoms with Crippen LogP contribution in [0.1, 0.15) is 38.5 Å². The van der Waals surface area contributed by atoms with Gasteiger partial charge in [-0.25, -0.2) is 9.59 Å². The van der Waals surface area contributed by atoms with Crippen LogP contribution in [0.2, 0.25) is 0 Å². The van der Waals surface area contributed by atoms with Crippen LogP contribution in [-0.4, -0.2) is 52.6 Å². The van der Waals surface area contributed by atoms with Gasteiger partial charge in [-0.3, -0.25) is 0 Å². The van der Waals surface area contributed by atoms with Gasteiger partial charge in [-0.2, -0.15) is 11.8 Å². The molecule has 3 unspecified atom stereocenters. The van der Waals surface area contributed by atoms with Crippen molar-refractivity contribution in [3.05, 3.63) is 0 Å². The summed E-state index contributed by atoms with van der Waals surface area (Å²) in [6.07, 6.45) is 8.21. The molecule has 5 nitrogen and oxygen atoms in total. The van der Waals surface area contributed by atoms with Gasteiger partial charge in [0.2, 0.25) is 0 Å². The number of carbonyl (C=O) groups is 2. The third kappa shape index (κ3) is 3.59. The van der Waals surface area contributed by atoms with Crippen molar-refractivity contribution in [2.24, 2.45) is 5.92 Å². The fourth-order valence-electron chi connectivity index (χ4n) is 3.38. The highest BCUT2D eigenvalue weighted by atomic mass is 32.2. The summed E-state index contributed by atoms with van der Waals surface area (Å²) >= 11 is 1.60. The van der Waals surface area contributed by atoms with Crippen LogP contribution in [0.3, 0.4) is 0 Å². The summed E-state index contributed by atoms with van der Waals surface area (Å²) in [6.45, 7) is 0.774. The molecule has 1 heterocycles. The monoisotopic (exact) mass is 300 g/mol. The van der Waals surface area contributed by atoms with E-state index in [0.717, 1.165) is 25.1 Å². The normalized spacial score (nSPS) is 26.9. The molecule has 2 rings (SSSR count). The average Bonchev–Trinajstić information content (AvgIpc) is 2.87. The van der Waals surface area contributed by atoms with Gasteiger partial charge in [0.15, 0.2) is 0 Å². The number of carboxylic acid groups (broad SMARTS) is 1. The van der Waals surface area contributed by atoms with Gasteiger partial charge < -0.3 is 15.3 Å². The molecule has 0 radical (unpaired) electrons. The number of amides is 2. The summed E-state index contributed by atoms with van der Waals surface area (Å²) in [7, 11) is 0. The number of fused-ring (bicyclic) bond motifs is 1. The van der Waals surface area contributed by atoms with Crippen LogP contribution in [0.25, 0.3) is 0 Å². The van der Waals surface area contributed by atoms with E-state index in [0.29, 0.717) is 18.4 Å². The second-order valence-corrected chi connectivity index (χ2v) is 6.70. The molecule has 2 N–H and O–H groups in total. The predicted molar refractivity (Wildman–Crippen MR) is 80.0 cm³/mol. The lowest BCUT2D eigenvalue weighted by Crippen LogP contribution is -2.50. The molecule has 0 aromatic rings. The first-order valence-corrected chi connectivity index (χ1v) is 8.81. The van der Waals surface area contributed by atoms with Crippen LogP contribution in [0.4, 0.5) is 4.79 Å². The number of thioether (sulfide) groups is 1. The molecule has 1 aliphatic heterocycles. The Morgan fingerprint density at radius 3 is 2.80 bits per heavy atom. The standard InChI is InChI=1S/C14H24N2O3S/c1-20-9-7-11(13(17)18)15-14(19)16-8-6-10-4-2-3-5-12(10)16/h10-12H,2-9H2,1H3,(H,15,19)(H,17,18). The van der Waals surface area contributed by atoms with Crippen molar-refractivity contribution in [3.8, 4) is 0 Å². The summed E-state index contributed by atoms with van der Waals surface area (Å²) < 4.78 is 0. The van der Waals surface area contributed by atoms with Crippen molar-refractivity contribution in [3.63, 3.8) is 0 Å². The number of likely N-dealkylation sites (tertiary alicyclic amines) is 1. The Kier molecular flexibility index (Phi) is 5.57. The fourth-order valence-corrected chi connectivity index (χ4v) is 3.85. The van der Waals surface area contributed by atoms with Crippen LogP contribution in [0.15, 0.2) is 0 Å². The largest absolute Gasteiger partial charge is 0.480 e. The minimum Gasteiger partial charge on any atom is -0.480 e. The lowest BCUT2D eigenvalue weighted by Gasteiger charge is -2.32. The van der Waals surface area contributed by atoms with Gasteiger partial charge in [0.05, 0.1) is 0 Å². The second kappa shape index (κ2) is 7.20. The van der Waals surface area contributed by atoms with E-state index >= 15 is 0 Å². The third-order valence-electron chi connectivity index (χ3n) is 4.48. The van der Waals surface area contributed by atoms with Gasteiger partial charge >= 0.3 is 12.0 Å². The predicted octanol–water partition coefficient (Wildman–Crippen LogP) is 2.17. The summed E-state index contributed by atoms with van der Waals surface area (Å²) in [4.78, 5) is 25.4. The van der Waals surface area contributed by atoms with E-state index in [9.17, 15) is 14.7 Å². The zero-order valence-electron chi connectivity index (χ0n) is 12.0. The van der Waals surface area contributed by atoms with Crippen molar-refractivity contribution in [1.82, 2.24) is 10.2 Å². The van der Waals surface area contributed by atoms with Gasteiger partial charge in [-0.05, 0) is 43.6 Å². The van der Waals surface area contributed by atoms with E-state index in [-0.39, 0.29) is 6.03 Å². The molecule has 1 aliphatic carbocycles. The average molecular weight is 300 g/mol. The van der Waals surface area contributed by atoms with Crippen LogP contribution < -0.4 is 5.32 Å². The number of aliphatic carboxylic acids is 1. The smallest absolute Gasteiger partial charge is 0.326 e. The van der Waals surface area contributed by atoms with Crippen molar-refractivity contribution in [1.29, 1.82) is 0 Å². The molecular weight excluding hydrogens is 276 g/mol. The molecule has 20 heavy (non-hydrogen) atoms.